The SMILES string of the molecule is CCNC(C)C(=O)c1cccc(C(=O)NN(CC)C(=O)OC(=O)c2ccsc2)c1. The van der Waals surface area contributed by atoms with Crippen molar-refractivity contribution in [3.8, 4) is 0 Å². The molecule has 1 unspecified atom stereocenters. The molecular formula is C20H23N3O5S. The summed E-state index contributed by atoms with van der Waals surface area (Å²) in [5, 5.41) is 7.16. The van der Waals surface area contributed by atoms with E-state index >= 15 is 0 Å². The van der Waals surface area contributed by atoms with Crippen molar-refractivity contribution in [3.05, 3.63) is 57.8 Å². The van der Waals surface area contributed by atoms with Crippen molar-refractivity contribution in [2.75, 3.05) is 13.1 Å². The number of rotatable bonds is 7. The zero-order valence-electron chi connectivity index (χ0n) is 16.4. The molecule has 9 heteroatoms. The van der Waals surface area contributed by atoms with Gasteiger partial charge in [0, 0.05) is 23.1 Å². The van der Waals surface area contributed by atoms with Gasteiger partial charge in [0.2, 0.25) is 0 Å². The Morgan fingerprint density at radius 2 is 1.83 bits per heavy atom. The summed E-state index contributed by atoms with van der Waals surface area (Å²) in [4.78, 5) is 49.0. The summed E-state index contributed by atoms with van der Waals surface area (Å²) in [6, 6.07) is 7.35. The van der Waals surface area contributed by atoms with Gasteiger partial charge in [0.25, 0.3) is 5.91 Å². The highest BCUT2D eigenvalue weighted by Crippen LogP contribution is 2.10. The molecule has 29 heavy (non-hydrogen) atoms. The Hall–Kier alpha value is -3.04. The summed E-state index contributed by atoms with van der Waals surface area (Å²) in [5.41, 5.74) is 3.24. The molecule has 0 aliphatic heterocycles. The summed E-state index contributed by atoms with van der Waals surface area (Å²) in [5.74, 6) is -1.54. The van der Waals surface area contributed by atoms with Crippen LogP contribution in [0.1, 0.15) is 51.8 Å². The van der Waals surface area contributed by atoms with Gasteiger partial charge in [-0.3, -0.25) is 15.0 Å². The van der Waals surface area contributed by atoms with Gasteiger partial charge in [-0.2, -0.15) is 11.3 Å². The molecule has 154 valence electrons. The van der Waals surface area contributed by atoms with Gasteiger partial charge in [0.1, 0.15) is 0 Å². The average Bonchev–Trinajstić information content (AvgIpc) is 3.26. The van der Waals surface area contributed by atoms with Crippen molar-refractivity contribution in [3.63, 3.8) is 0 Å². The van der Waals surface area contributed by atoms with Gasteiger partial charge in [-0.25, -0.2) is 14.6 Å². The molecule has 0 saturated carbocycles. The zero-order valence-corrected chi connectivity index (χ0v) is 17.2. The van der Waals surface area contributed by atoms with Crippen LogP contribution in [0.3, 0.4) is 0 Å². The standard InChI is InChI=1S/C20H23N3O5S/c1-4-21-13(3)17(24)14-7-6-8-15(11-14)18(25)22-23(5-2)20(27)28-19(26)16-9-10-29-12-16/h6-13,21H,4-5H2,1-3H3,(H,22,25). The summed E-state index contributed by atoms with van der Waals surface area (Å²) < 4.78 is 4.78. The zero-order chi connectivity index (χ0) is 21.4. The van der Waals surface area contributed by atoms with Crippen LogP contribution in [0, 0.1) is 0 Å². The lowest BCUT2D eigenvalue weighted by Crippen LogP contribution is -2.46. The first-order valence-electron chi connectivity index (χ1n) is 9.11. The molecule has 8 nitrogen and oxygen atoms in total. The molecule has 2 rings (SSSR count). The van der Waals surface area contributed by atoms with Crippen molar-refractivity contribution in [2.24, 2.45) is 0 Å². The molecule has 0 spiro atoms. The number of benzene rings is 1. The maximum Gasteiger partial charge on any atom is 0.436 e. The summed E-state index contributed by atoms with van der Waals surface area (Å²) >= 11 is 1.30. The van der Waals surface area contributed by atoms with Gasteiger partial charge in [-0.15, -0.1) is 0 Å². The van der Waals surface area contributed by atoms with E-state index in [-0.39, 0.29) is 29.5 Å². The average molecular weight is 417 g/mol. The third-order valence-corrected chi connectivity index (χ3v) is 4.71. The molecule has 0 aliphatic rings. The van der Waals surface area contributed by atoms with E-state index in [2.05, 4.69) is 10.7 Å². The molecule has 1 atom stereocenters. The Kier molecular flexibility index (Phi) is 8.05. The topological polar surface area (TPSA) is 105 Å². The fourth-order valence-corrected chi connectivity index (χ4v) is 3.10. The Morgan fingerprint density at radius 3 is 2.45 bits per heavy atom. The van der Waals surface area contributed by atoms with Crippen LogP contribution in [0.15, 0.2) is 41.1 Å². The maximum absolute atomic E-state index is 12.5. The number of nitrogens with zero attached hydrogens (tertiary/aromatic N) is 1. The van der Waals surface area contributed by atoms with E-state index in [1.165, 1.54) is 29.5 Å². The molecule has 0 bridgehead atoms. The maximum atomic E-state index is 12.5. The van der Waals surface area contributed by atoms with E-state index in [0.29, 0.717) is 12.1 Å². The molecule has 0 aliphatic carbocycles. The van der Waals surface area contributed by atoms with Gasteiger partial charge in [-0.1, -0.05) is 19.1 Å². The smallest absolute Gasteiger partial charge is 0.371 e. The first kappa shape index (κ1) is 22.3. The molecule has 2 aromatic rings. The number of ether oxygens (including phenoxy) is 1. The third-order valence-electron chi connectivity index (χ3n) is 4.02. The Labute approximate surface area is 172 Å². The number of hydrogen-bond donors (Lipinski definition) is 2. The minimum Gasteiger partial charge on any atom is -0.371 e. The minimum absolute atomic E-state index is 0.0809. The van der Waals surface area contributed by atoms with Crippen molar-refractivity contribution in [1.29, 1.82) is 0 Å². The fourth-order valence-electron chi connectivity index (χ4n) is 2.48. The van der Waals surface area contributed by atoms with E-state index in [0.717, 1.165) is 5.01 Å². The van der Waals surface area contributed by atoms with Gasteiger partial charge in [0.05, 0.1) is 11.6 Å². The number of likely N-dealkylation sites (N-methyl/N-ethyl adjacent to an activating group) is 1. The van der Waals surface area contributed by atoms with Crippen LogP contribution < -0.4 is 10.7 Å². The number of nitrogens with one attached hydrogen (secondary N) is 2. The summed E-state index contributed by atoms with van der Waals surface area (Å²) in [7, 11) is 0. The molecule has 0 radical (unpaired) electrons. The lowest BCUT2D eigenvalue weighted by molar-refractivity contribution is 0.0471. The van der Waals surface area contributed by atoms with Gasteiger partial charge in [-0.05, 0) is 44.0 Å². The van der Waals surface area contributed by atoms with E-state index in [1.54, 1.807) is 36.7 Å². The predicted octanol–water partition coefficient (Wildman–Crippen LogP) is 2.87. The number of carbonyl (C=O) groups excluding carboxylic acids is 4. The number of Topliss-reactive ketones (excluding diaryl/α,β-unsaturated/α-hetero) is 1. The molecule has 0 fully saturated rings. The van der Waals surface area contributed by atoms with Crippen LogP contribution in [0.25, 0.3) is 0 Å². The quantitative estimate of drug-likeness (QED) is 0.311. The van der Waals surface area contributed by atoms with Crippen molar-refractivity contribution in [1.82, 2.24) is 15.8 Å². The fraction of sp³-hybridized carbons (Fsp3) is 0.300. The second-order valence-corrected chi connectivity index (χ2v) is 6.86. The summed E-state index contributed by atoms with van der Waals surface area (Å²) in [6.45, 7) is 5.99. The molecule has 1 aromatic carbocycles. The molecule has 2 N–H and O–H groups in total. The van der Waals surface area contributed by atoms with Crippen molar-refractivity contribution >= 4 is 35.1 Å². The number of thiophene rings is 1. The van der Waals surface area contributed by atoms with Gasteiger partial charge >= 0.3 is 12.1 Å². The highest BCUT2D eigenvalue weighted by atomic mass is 32.1. The van der Waals surface area contributed by atoms with E-state index in [4.69, 9.17) is 4.74 Å². The second-order valence-electron chi connectivity index (χ2n) is 6.08. The monoisotopic (exact) mass is 417 g/mol. The van der Waals surface area contributed by atoms with Crippen LogP contribution in [0.2, 0.25) is 0 Å². The Balaban J connectivity index is 2.05. The van der Waals surface area contributed by atoms with Crippen molar-refractivity contribution < 1.29 is 23.9 Å². The molecule has 1 aromatic heterocycles. The van der Waals surface area contributed by atoms with Crippen LogP contribution in [0.4, 0.5) is 4.79 Å². The van der Waals surface area contributed by atoms with Crippen LogP contribution in [-0.4, -0.2) is 47.9 Å². The third kappa shape index (κ3) is 5.97. The van der Waals surface area contributed by atoms with E-state index < -0.39 is 18.0 Å². The Bertz CT molecular complexity index is 882. The van der Waals surface area contributed by atoms with Gasteiger partial charge < -0.3 is 10.1 Å². The van der Waals surface area contributed by atoms with Crippen LogP contribution in [-0.2, 0) is 4.74 Å². The highest BCUT2D eigenvalue weighted by Gasteiger charge is 2.22. The summed E-state index contributed by atoms with van der Waals surface area (Å²) in [6.07, 6.45) is -0.995. The number of carbonyl (C=O) groups is 4. The number of esters is 1. The normalized spacial score (nSPS) is 11.4. The molecule has 2 amide bonds. The number of hydrogen-bond acceptors (Lipinski definition) is 7. The highest BCUT2D eigenvalue weighted by molar-refractivity contribution is 7.08. The lowest BCUT2D eigenvalue weighted by atomic mass is 10.0. The molecule has 1 heterocycles. The van der Waals surface area contributed by atoms with Crippen LogP contribution in [0.5, 0.6) is 0 Å². The van der Waals surface area contributed by atoms with Crippen molar-refractivity contribution in [2.45, 2.75) is 26.8 Å². The van der Waals surface area contributed by atoms with E-state index in [9.17, 15) is 19.2 Å². The van der Waals surface area contributed by atoms with Gasteiger partial charge in [0.15, 0.2) is 5.78 Å². The number of hydrazine groups is 1. The minimum atomic E-state index is -0.995. The number of ketones is 1. The number of amides is 2. The first-order chi connectivity index (χ1) is 13.9. The van der Waals surface area contributed by atoms with E-state index in [1.807, 2.05) is 6.92 Å². The molecular weight excluding hydrogens is 394 g/mol. The largest absolute Gasteiger partial charge is 0.436 e. The molecule has 0 saturated heterocycles. The lowest BCUT2D eigenvalue weighted by Gasteiger charge is -2.20. The Morgan fingerprint density at radius 1 is 1.10 bits per heavy atom. The van der Waals surface area contributed by atoms with Crippen LogP contribution >= 0.6 is 11.3 Å². The predicted molar refractivity (Wildman–Crippen MR) is 109 cm³/mol. The first-order valence-corrected chi connectivity index (χ1v) is 10.1. The second kappa shape index (κ2) is 10.5.